The number of hydrogen-bond acceptors (Lipinski definition) is 6. The number of thioether (sulfide) groups is 1. The fraction of sp³-hybridized carbons (Fsp3) is 0.190. The minimum Gasteiger partial charge on any atom is -0.493 e. The van der Waals surface area contributed by atoms with E-state index in [4.69, 9.17) is 9.47 Å². The van der Waals surface area contributed by atoms with Crippen LogP contribution in [0.5, 0.6) is 11.5 Å². The molecule has 0 radical (unpaired) electrons. The molecule has 2 aromatic carbocycles. The van der Waals surface area contributed by atoms with Gasteiger partial charge in [-0.15, -0.1) is 0 Å². The Balaban J connectivity index is 1.74. The third-order valence-corrected chi connectivity index (χ3v) is 6.17. The molecule has 0 spiro atoms. The van der Waals surface area contributed by atoms with Crippen molar-refractivity contribution in [2.75, 3.05) is 33.1 Å². The zero-order valence-corrected chi connectivity index (χ0v) is 19.9. The summed E-state index contributed by atoms with van der Waals surface area (Å²) in [4.78, 5) is 30.7. The van der Waals surface area contributed by atoms with E-state index in [1.165, 1.54) is 48.0 Å². The van der Waals surface area contributed by atoms with Crippen molar-refractivity contribution in [2.24, 2.45) is 4.99 Å². The quantitative estimate of drug-likeness (QED) is 0.431. The topological polar surface area (TPSA) is 80.2 Å². The molecule has 7 nitrogen and oxygen atoms in total. The van der Waals surface area contributed by atoms with Crippen LogP contribution in [0.4, 0.5) is 10.1 Å². The van der Waals surface area contributed by atoms with Gasteiger partial charge in [-0.25, -0.2) is 4.39 Å². The number of likely N-dealkylation sites (N-methyl/N-ethyl adjacent to an activating group) is 1. The van der Waals surface area contributed by atoms with Crippen LogP contribution in [-0.4, -0.2) is 49.7 Å². The Morgan fingerprint density at radius 1 is 1.32 bits per heavy atom. The van der Waals surface area contributed by atoms with Crippen molar-refractivity contribution in [2.45, 2.75) is 0 Å². The summed E-state index contributed by atoms with van der Waals surface area (Å²) < 4.78 is 24.8. The van der Waals surface area contributed by atoms with E-state index in [0.717, 1.165) is 5.56 Å². The van der Waals surface area contributed by atoms with Gasteiger partial charge in [0.1, 0.15) is 5.82 Å². The van der Waals surface area contributed by atoms with Gasteiger partial charge < -0.3 is 14.8 Å². The Labute approximate surface area is 196 Å². The van der Waals surface area contributed by atoms with Gasteiger partial charge in [-0.05, 0) is 82.4 Å². The van der Waals surface area contributed by atoms with Gasteiger partial charge in [-0.1, -0.05) is 0 Å². The zero-order chi connectivity index (χ0) is 22.5. The number of nitrogens with one attached hydrogen (secondary N) is 1. The van der Waals surface area contributed by atoms with Crippen LogP contribution in [0, 0.1) is 9.39 Å². The number of carbonyl (C=O) groups excluding carboxylic acids is 2. The van der Waals surface area contributed by atoms with Crippen LogP contribution in [0.25, 0.3) is 6.08 Å². The molecule has 0 atom stereocenters. The fourth-order valence-electron chi connectivity index (χ4n) is 2.73. The average Bonchev–Trinajstić information content (AvgIpc) is 3.02. The number of anilines is 1. The van der Waals surface area contributed by atoms with Crippen LogP contribution in [0.1, 0.15) is 5.56 Å². The summed E-state index contributed by atoms with van der Waals surface area (Å²) in [5.41, 5.74) is 1.23. The molecular weight excluding hydrogens is 536 g/mol. The second-order valence-corrected chi connectivity index (χ2v) is 8.53. The SMILES string of the molecule is CN=C1S/C(=C/c2cc(I)c(OCC(=O)Nc3ccc(F)cc3)c(OC)c2)C(=O)N1C. The van der Waals surface area contributed by atoms with E-state index < -0.39 is 5.91 Å². The van der Waals surface area contributed by atoms with Crippen LogP contribution in [0.2, 0.25) is 0 Å². The summed E-state index contributed by atoms with van der Waals surface area (Å²) >= 11 is 3.38. The summed E-state index contributed by atoms with van der Waals surface area (Å²) in [5.74, 6) is -0.0547. The summed E-state index contributed by atoms with van der Waals surface area (Å²) in [7, 11) is 4.81. The van der Waals surface area contributed by atoms with Crippen molar-refractivity contribution in [3.63, 3.8) is 0 Å². The molecule has 2 aromatic rings. The number of amidine groups is 1. The van der Waals surface area contributed by atoms with Crippen LogP contribution in [0.15, 0.2) is 46.3 Å². The van der Waals surface area contributed by atoms with Gasteiger partial charge in [-0.2, -0.15) is 0 Å². The minimum absolute atomic E-state index is 0.127. The number of methoxy groups -OCH3 is 1. The Morgan fingerprint density at radius 2 is 2.03 bits per heavy atom. The molecular formula is C21H19FIN3O4S. The van der Waals surface area contributed by atoms with Crippen molar-refractivity contribution < 1.29 is 23.5 Å². The van der Waals surface area contributed by atoms with Gasteiger partial charge in [0.05, 0.1) is 15.6 Å². The van der Waals surface area contributed by atoms with Gasteiger partial charge in [-0.3, -0.25) is 19.5 Å². The highest BCUT2D eigenvalue weighted by molar-refractivity contribution is 14.1. The lowest BCUT2D eigenvalue weighted by molar-refractivity contribution is -0.121. The maximum atomic E-state index is 13.0. The minimum atomic E-state index is -0.391. The summed E-state index contributed by atoms with van der Waals surface area (Å²) in [6.45, 7) is -0.250. The van der Waals surface area contributed by atoms with E-state index in [1.54, 1.807) is 26.2 Å². The van der Waals surface area contributed by atoms with Gasteiger partial charge in [0.2, 0.25) is 0 Å². The molecule has 0 saturated carbocycles. The summed E-state index contributed by atoms with van der Waals surface area (Å²) in [5, 5.41) is 3.26. The molecule has 1 aliphatic rings. The lowest BCUT2D eigenvalue weighted by Gasteiger charge is -2.14. The first-order valence-electron chi connectivity index (χ1n) is 9.02. The number of aliphatic imine (C=N–C) groups is 1. The predicted molar refractivity (Wildman–Crippen MR) is 128 cm³/mol. The lowest BCUT2D eigenvalue weighted by Crippen LogP contribution is -2.23. The van der Waals surface area contributed by atoms with Gasteiger partial charge >= 0.3 is 0 Å². The molecule has 162 valence electrons. The Morgan fingerprint density at radius 3 is 2.65 bits per heavy atom. The van der Waals surface area contributed by atoms with Crippen LogP contribution >= 0.6 is 34.4 Å². The van der Waals surface area contributed by atoms with E-state index in [1.807, 2.05) is 6.07 Å². The standard InChI is InChI=1S/C21H19FIN3O4S/c1-24-21-26(2)20(28)17(31-21)10-12-8-15(23)19(16(9-12)29-3)30-11-18(27)25-14-6-4-13(22)5-7-14/h4-10H,11H2,1-3H3,(H,25,27)/b17-10+,24-21?. The first kappa shape index (κ1) is 23.1. The summed E-state index contributed by atoms with van der Waals surface area (Å²) in [6, 6.07) is 9.02. The van der Waals surface area contributed by atoms with Crippen molar-refractivity contribution in [3.05, 3.63) is 56.3 Å². The second-order valence-electron chi connectivity index (χ2n) is 6.36. The van der Waals surface area contributed by atoms with Crippen molar-refractivity contribution in [3.8, 4) is 11.5 Å². The number of benzene rings is 2. The lowest BCUT2D eigenvalue weighted by atomic mass is 10.2. The number of ether oxygens (including phenoxy) is 2. The number of rotatable bonds is 6. The van der Waals surface area contributed by atoms with Gasteiger partial charge in [0.15, 0.2) is 23.3 Å². The first-order valence-corrected chi connectivity index (χ1v) is 10.9. The number of amides is 2. The molecule has 1 heterocycles. The molecule has 1 aliphatic heterocycles. The Kier molecular flexibility index (Phi) is 7.55. The molecule has 2 amide bonds. The highest BCUT2D eigenvalue weighted by Gasteiger charge is 2.29. The predicted octanol–water partition coefficient (Wildman–Crippen LogP) is 3.99. The molecule has 0 bridgehead atoms. The van der Waals surface area contributed by atoms with E-state index in [9.17, 15) is 14.0 Å². The van der Waals surface area contributed by atoms with Gasteiger partial charge in [0, 0.05) is 19.8 Å². The number of nitrogens with zero attached hydrogens (tertiary/aromatic N) is 2. The molecule has 0 aliphatic carbocycles. The van der Waals surface area contributed by atoms with Crippen molar-refractivity contribution >= 4 is 63.1 Å². The van der Waals surface area contributed by atoms with Crippen LogP contribution in [0.3, 0.4) is 0 Å². The number of halogens is 2. The fourth-order valence-corrected chi connectivity index (χ4v) is 4.44. The number of hydrogen-bond donors (Lipinski definition) is 1. The second kappa shape index (κ2) is 10.1. The zero-order valence-electron chi connectivity index (χ0n) is 16.9. The third-order valence-electron chi connectivity index (χ3n) is 4.22. The van der Waals surface area contributed by atoms with Crippen molar-refractivity contribution in [1.82, 2.24) is 4.90 Å². The molecule has 0 unspecified atom stereocenters. The maximum absolute atomic E-state index is 13.0. The van der Waals surface area contributed by atoms with E-state index in [-0.39, 0.29) is 18.3 Å². The van der Waals surface area contributed by atoms with Crippen LogP contribution < -0.4 is 14.8 Å². The Bertz CT molecular complexity index is 1070. The highest BCUT2D eigenvalue weighted by Crippen LogP contribution is 2.37. The van der Waals surface area contributed by atoms with E-state index in [2.05, 4.69) is 32.9 Å². The molecule has 1 saturated heterocycles. The van der Waals surface area contributed by atoms with E-state index >= 15 is 0 Å². The average molecular weight is 555 g/mol. The van der Waals surface area contributed by atoms with E-state index in [0.29, 0.717) is 30.8 Å². The molecule has 0 aromatic heterocycles. The molecule has 1 N–H and O–H groups in total. The normalized spacial score (nSPS) is 16.2. The van der Waals surface area contributed by atoms with Crippen molar-refractivity contribution in [1.29, 1.82) is 0 Å². The Hall–Kier alpha value is -2.60. The first-order chi connectivity index (χ1) is 14.8. The smallest absolute Gasteiger partial charge is 0.266 e. The largest absolute Gasteiger partial charge is 0.493 e. The van der Waals surface area contributed by atoms with Crippen LogP contribution in [-0.2, 0) is 9.59 Å². The molecule has 3 rings (SSSR count). The highest BCUT2D eigenvalue weighted by atomic mass is 127. The molecule has 10 heteroatoms. The monoisotopic (exact) mass is 555 g/mol. The van der Waals surface area contributed by atoms with Gasteiger partial charge in [0.25, 0.3) is 11.8 Å². The summed E-state index contributed by atoms with van der Waals surface area (Å²) in [6.07, 6.45) is 1.76. The molecule has 1 fully saturated rings. The maximum Gasteiger partial charge on any atom is 0.266 e. The third kappa shape index (κ3) is 5.56. The molecule has 31 heavy (non-hydrogen) atoms. The number of carbonyl (C=O) groups is 2.